The SMILES string of the molecule is CC(Nc1ccc(C(=O)Nc2cc(C(F)(F)F)ccc2N2CCCC2)cc1[N+](=O)[O-])c1ccccn1. The van der Waals surface area contributed by atoms with Crippen LogP contribution in [-0.2, 0) is 6.18 Å². The van der Waals surface area contributed by atoms with Gasteiger partial charge in [-0.25, -0.2) is 0 Å². The summed E-state index contributed by atoms with van der Waals surface area (Å²) < 4.78 is 40.0. The highest BCUT2D eigenvalue weighted by Crippen LogP contribution is 2.37. The number of rotatable bonds is 7. The number of carbonyl (C=O) groups excluding carboxylic acids is 1. The van der Waals surface area contributed by atoms with Gasteiger partial charge < -0.3 is 15.5 Å². The van der Waals surface area contributed by atoms with E-state index in [-0.39, 0.29) is 28.7 Å². The van der Waals surface area contributed by atoms with Gasteiger partial charge in [0.1, 0.15) is 5.69 Å². The molecule has 1 atom stereocenters. The normalized spacial score (nSPS) is 14.4. The number of pyridine rings is 1. The van der Waals surface area contributed by atoms with Crippen molar-refractivity contribution in [3.05, 3.63) is 87.7 Å². The Bertz CT molecular complexity index is 1260. The standard InChI is InChI=1S/C25H24F3N5O3/c1-16(19-6-2-3-11-29-19)30-20-9-7-17(14-23(20)33(35)36)24(34)31-21-15-18(25(26,27)28)8-10-22(21)32-12-4-5-13-32/h2-3,6-11,14-16,30H,4-5,12-13H2,1H3,(H,31,34). The molecule has 1 aliphatic heterocycles. The topological polar surface area (TPSA) is 100 Å². The molecule has 8 nitrogen and oxygen atoms in total. The predicted octanol–water partition coefficient (Wildman–Crippen LogP) is 6.03. The Morgan fingerprint density at radius 1 is 1.08 bits per heavy atom. The quantitative estimate of drug-likeness (QED) is 0.304. The Balaban J connectivity index is 1.61. The molecule has 4 rings (SSSR count). The van der Waals surface area contributed by atoms with Crippen molar-refractivity contribution in [2.24, 2.45) is 0 Å². The highest BCUT2D eigenvalue weighted by molar-refractivity contribution is 6.06. The summed E-state index contributed by atoms with van der Waals surface area (Å²) in [5, 5.41) is 17.3. The van der Waals surface area contributed by atoms with Crippen LogP contribution in [0.1, 0.15) is 47.4 Å². The summed E-state index contributed by atoms with van der Waals surface area (Å²) in [6.07, 6.45) is -1.18. The van der Waals surface area contributed by atoms with E-state index in [2.05, 4.69) is 15.6 Å². The lowest BCUT2D eigenvalue weighted by molar-refractivity contribution is -0.384. The number of nitrogens with zero attached hydrogens (tertiary/aromatic N) is 3. The van der Waals surface area contributed by atoms with E-state index in [4.69, 9.17) is 0 Å². The van der Waals surface area contributed by atoms with Crippen molar-refractivity contribution in [2.45, 2.75) is 32.0 Å². The third-order valence-corrected chi connectivity index (χ3v) is 5.98. The zero-order chi connectivity index (χ0) is 25.9. The summed E-state index contributed by atoms with van der Waals surface area (Å²) in [6.45, 7) is 3.11. The molecule has 3 aromatic rings. The third-order valence-electron chi connectivity index (χ3n) is 5.98. The molecule has 0 saturated carbocycles. The summed E-state index contributed by atoms with van der Waals surface area (Å²) in [5.74, 6) is -0.748. The van der Waals surface area contributed by atoms with E-state index in [1.165, 1.54) is 18.2 Å². The highest BCUT2D eigenvalue weighted by atomic mass is 19.4. The van der Waals surface area contributed by atoms with Gasteiger partial charge in [-0.3, -0.25) is 19.9 Å². The van der Waals surface area contributed by atoms with Gasteiger partial charge in [0, 0.05) is 30.9 Å². The fraction of sp³-hybridized carbons (Fsp3) is 0.280. The fourth-order valence-corrected chi connectivity index (χ4v) is 4.13. The molecule has 2 aromatic carbocycles. The molecular formula is C25H24F3N5O3. The van der Waals surface area contributed by atoms with Gasteiger partial charge in [-0.05, 0) is 62.2 Å². The number of benzene rings is 2. The van der Waals surface area contributed by atoms with Gasteiger partial charge >= 0.3 is 6.18 Å². The summed E-state index contributed by atoms with van der Waals surface area (Å²) in [6, 6.07) is 12.1. The van der Waals surface area contributed by atoms with Gasteiger partial charge in [0.15, 0.2) is 0 Å². The lowest BCUT2D eigenvalue weighted by Gasteiger charge is -2.23. The lowest BCUT2D eigenvalue weighted by atomic mass is 10.1. The molecule has 1 saturated heterocycles. The smallest absolute Gasteiger partial charge is 0.371 e. The van der Waals surface area contributed by atoms with Gasteiger partial charge in [-0.1, -0.05) is 6.07 Å². The van der Waals surface area contributed by atoms with Crippen LogP contribution in [0.5, 0.6) is 0 Å². The van der Waals surface area contributed by atoms with Gasteiger partial charge in [0.25, 0.3) is 11.6 Å². The summed E-state index contributed by atoms with van der Waals surface area (Å²) >= 11 is 0. The Labute approximate surface area is 205 Å². The lowest BCUT2D eigenvalue weighted by Crippen LogP contribution is -2.22. The number of hydrogen-bond acceptors (Lipinski definition) is 6. The van der Waals surface area contributed by atoms with Crippen molar-refractivity contribution < 1.29 is 22.9 Å². The average Bonchev–Trinajstić information content (AvgIpc) is 3.39. The first kappa shape index (κ1) is 25.0. The molecule has 0 spiro atoms. The summed E-state index contributed by atoms with van der Waals surface area (Å²) in [5.41, 5.74) is 0.0573. The van der Waals surface area contributed by atoms with Gasteiger partial charge in [0.05, 0.1) is 33.6 Å². The molecule has 11 heteroatoms. The van der Waals surface area contributed by atoms with Crippen LogP contribution in [0.4, 0.5) is 35.9 Å². The first-order chi connectivity index (χ1) is 17.1. The number of halogens is 3. The molecule has 36 heavy (non-hydrogen) atoms. The number of amides is 1. The molecule has 0 bridgehead atoms. The van der Waals surface area contributed by atoms with Crippen molar-refractivity contribution in [1.82, 2.24) is 4.98 Å². The minimum absolute atomic E-state index is 0.00496. The van der Waals surface area contributed by atoms with Crippen LogP contribution in [0, 0.1) is 10.1 Å². The van der Waals surface area contributed by atoms with E-state index >= 15 is 0 Å². The molecule has 2 N–H and O–H groups in total. The number of nitro groups is 1. The second kappa shape index (κ2) is 10.2. The first-order valence-corrected chi connectivity index (χ1v) is 11.4. The van der Waals surface area contributed by atoms with E-state index in [1.807, 2.05) is 4.90 Å². The van der Waals surface area contributed by atoms with E-state index in [0.29, 0.717) is 24.5 Å². The van der Waals surface area contributed by atoms with Crippen LogP contribution in [0.3, 0.4) is 0 Å². The number of nitro benzene ring substituents is 1. The van der Waals surface area contributed by atoms with Crippen molar-refractivity contribution in [3.8, 4) is 0 Å². The Morgan fingerprint density at radius 3 is 2.47 bits per heavy atom. The minimum atomic E-state index is -4.58. The Hall–Kier alpha value is -4.15. The molecule has 1 unspecified atom stereocenters. The average molecular weight is 499 g/mol. The number of anilines is 3. The maximum atomic E-state index is 13.3. The molecular weight excluding hydrogens is 475 g/mol. The molecule has 188 valence electrons. The second-order valence-corrected chi connectivity index (χ2v) is 8.49. The molecule has 0 radical (unpaired) electrons. The number of aromatic nitrogens is 1. The number of carbonyl (C=O) groups is 1. The largest absolute Gasteiger partial charge is 0.416 e. The second-order valence-electron chi connectivity index (χ2n) is 8.49. The van der Waals surface area contributed by atoms with Gasteiger partial charge in [0.2, 0.25) is 0 Å². The fourth-order valence-electron chi connectivity index (χ4n) is 4.13. The molecule has 0 aliphatic carbocycles. The van der Waals surface area contributed by atoms with Gasteiger partial charge in [-0.15, -0.1) is 0 Å². The summed E-state index contributed by atoms with van der Waals surface area (Å²) in [7, 11) is 0. The monoisotopic (exact) mass is 499 g/mol. The molecule has 1 fully saturated rings. The summed E-state index contributed by atoms with van der Waals surface area (Å²) in [4.78, 5) is 30.3. The Morgan fingerprint density at radius 2 is 1.83 bits per heavy atom. The van der Waals surface area contributed by atoms with Crippen molar-refractivity contribution in [1.29, 1.82) is 0 Å². The number of hydrogen-bond donors (Lipinski definition) is 2. The van der Waals surface area contributed by atoms with E-state index < -0.39 is 22.6 Å². The maximum Gasteiger partial charge on any atom is 0.416 e. The van der Waals surface area contributed by atoms with Crippen LogP contribution in [0.25, 0.3) is 0 Å². The number of alkyl halides is 3. The number of nitrogens with one attached hydrogen (secondary N) is 2. The Kier molecular flexibility index (Phi) is 7.09. The molecule has 1 amide bonds. The first-order valence-electron chi connectivity index (χ1n) is 11.4. The zero-order valence-electron chi connectivity index (χ0n) is 19.4. The van der Waals surface area contributed by atoms with Crippen LogP contribution in [0.2, 0.25) is 0 Å². The molecule has 2 heterocycles. The van der Waals surface area contributed by atoms with E-state index in [1.54, 1.807) is 31.3 Å². The van der Waals surface area contributed by atoms with Gasteiger partial charge in [-0.2, -0.15) is 13.2 Å². The van der Waals surface area contributed by atoms with Crippen LogP contribution in [-0.4, -0.2) is 28.9 Å². The van der Waals surface area contributed by atoms with E-state index in [0.717, 1.165) is 31.0 Å². The van der Waals surface area contributed by atoms with Crippen molar-refractivity contribution in [2.75, 3.05) is 28.6 Å². The van der Waals surface area contributed by atoms with Crippen molar-refractivity contribution in [3.63, 3.8) is 0 Å². The van der Waals surface area contributed by atoms with Crippen LogP contribution in [0.15, 0.2) is 60.8 Å². The van der Waals surface area contributed by atoms with Crippen LogP contribution < -0.4 is 15.5 Å². The molecule has 1 aliphatic rings. The van der Waals surface area contributed by atoms with E-state index in [9.17, 15) is 28.1 Å². The predicted molar refractivity (Wildman–Crippen MR) is 130 cm³/mol. The highest BCUT2D eigenvalue weighted by Gasteiger charge is 2.32. The van der Waals surface area contributed by atoms with Crippen LogP contribution >= 0.6 is 0 Å². The van der Waals surface area contributed by atoms with Crippen molar-refractivity contribution >= 4 is 28.7 Å². The zero-order valence-corrected chi connectivity index (χ0v) is 19.4. The minimum Gasteiger partial charge on any atom is -0.371 e. The maximum absolute atomic E-state index is 13.3. The third kappa shape index (κ3) is 5.56. The molecule has 1 aromatic heterocycles.